The molecule has 10 aromatic rings. The zero-order valence-corrected chi connectivity index (χ0v) is 32.1. The summed E-state index contributed by atoms with van der Waals surface area (Å²) in [6, 6.07) is 62.2. The largest absolute Gasteiger partial charge is 0.0616 e. The van der Waals surface area contributed by atoms with Gasteiger partial charge in [-0.1, -0.05) is 174 Å². The first-order valence-corrected chi connectivity index (χ1v) is 19.7. The van der Waals surface area contributed by atoms with Gasteiger partial charge in [0.25, 0.3) is 0 Å². The van der Waals surface area contributed by atoms with Crippen molar-refractivity contribution < 1.29 is 0 Å². The second-order valence-corrected chi connectivity index (χ2v) is 17.4. The van der Waals surface area contributed by atoms with Gasteiger partial charge < -0.3 is 0 Å². The van der Waals surface area contributed by atoms with Crippen LogP contribution in [-0.2, 0) is 10.8 Å². The van der Waals surface area contributed by atoms with Crippen LogP contribution in [-0.4, -0.2) is 0 Å². The van der Waals surface area contributed by atoms with E-state index in [1.54, 1.807) is 0 Å². The van der Waals surface area contributed by atoms with Crippen LogP contribution in [0.5, 0.6) is 0 Å². The topological polar surface area (TPSA) is 0 Å². The molecular formula is C55H42. The summed E-state index contributed by atoms with van der Waals surface area (Å²) < 4.78 is 0. The molecular weight excluding hydrogens is 661 g/mol. The van der Waals surface area contributed by atoms with E-state index in [9.17, 15) is 0 Å². The molecule has 0 aliphatic heterocycles. The molecule has 0 saturated heterocycles. The minimum absolute atomic E-state index is 0.104. The number of hydrogen-bond acceptors (Lipinski definition) is 0. The SMILES string of the molecule is CC(C)(C)c1cc2ccc3ccc(-c4ccc5cc(-c6ccc7c(c6)C(C)(C)c6cc(-c8cccc9ccccc89)ccc6-7)ccc5c4)c4ccc(c1)c2c34. The van der Waals surface area contributed by atoms with Gasteiger partial charge in [0.05, 0.1) is 0 Å². The Balaban J connectivity index is 0.952. The first-order valence-electron chi connectivity index (χ1n) is 19.7. The molecule has 55 heavy (non-hydrogen) atoms. The molecule has 262 valence electrons. The third-order valence-corrected chi connectivity index (χ3v) is 12.7. The molecule has 0 heteroatoms. The fourth-order valence-electron chi connectivity index (χ4n) is 9.66. The van der Waals surface area contributed by atoms with Crippen LogP contribution < -0.4 is 0 Å². The summed E-state index contributed by atoms with van der Waals surface area (Å²) in [5, 5.41) is 13.1. The van der Waals surface area contributed by atoms with Crippen LogP contribution in [0.3, 0.4) is 0 Å². The third-order valence-electron chi connectivity index (χ3n) is 12.7. The first-order chi connectivity index (χ1) is 26.6. The van der Waals surface area contributed by atoms with E-state index in [0.29, 0.717) is 0 Å². The molecule has 1 aliphatic carbocycles. The van der Waals surface area contributed by atoms with E-state index >= 15 is 0 Å². The molecule has 0 spiro atoms. The molecule has 0 radical (unpaired) electrons. The molecule has 0 bridgehead atoms. The summed E-state index contributed by atoms with van der Waals surface area (Å²) in [6.45, 7) is 11.7. The molecule has 1 aliphatic rings. The summed E-state index contributed by atoms with van der Waals surface area (Å²) in [5.41, 5.74) is 14.5. The third kappa shape index (κ3) is 4.84. The maximum atomic E-state index is 2.44. The predicted octanol–water partition coefficient (Wildman–Crippen LogP) is 15.5. The monoisotopic (exact) mass is 702 g/mol. The Morgan fingerprint density at radius 2 is 0.855 bits per heavy atom. The lowest BCUT2D eigenvalue weighted by atomic mass is 9.80. The van der Waals surface area contributed by atoms with Crippen molar-refractivity contribution in [3.63, 3.8) is 0 Å². The average molecular weight is 703 g/mol. The molecule has 11 rings (SSSR count). The minimum atomic E-state index is -0.109. The smallest absolute Gasteiger partial charge is 0.0159 e. The van der Waals surface area contributed by atoms with Crippen LogP contribution in [0.15, 0.2) is 164 Å². The molecule has 0 unspecified atom stereocenters. The summed E-state index contributed by atoms with van der Waals surface area (Å²) >= 11 is 0. The van der Waals surface area contributed by atoms with E-state index in [4.69, 9.17) is 0 Å². The van der Waals surface area contributed by atoms with E-state index < -0.39 is 0 Å². The molecule has 0 atom stereocenters. The van der Waals surface area contributed by atoms with Crippen LogP contribution in [0.25, 0.3) is 98.4 Å². The lowest BCUT2D eigenvalue weighted by molar-refractivity contribution is 0.591. The summed E-state index contributed by atoms with van der Waals surface area (Å²) in [5.74, 6) is 0. The van der Waals surface area contributed by atoms with Gasteiger partial charge in [0, 0.05) is 5.41 Å². The van der Waals surface area contributed by atoms with Crippen LogP contribution >= 0.6 is 0 Å². The average Bonchev–Trinajstić information content (AvgIpc) is 3.43. The minimum Gasteiger partial charge on any atom is -0.0616 e. The van der Waals surface area contributed by atoms with Crippen LogP contribution in [0.2, 0.25) is 0 Å². The summed E-state index contributed by atoms with van der Waals surface area (Å²) in [4.78, 5) is 0. The molecule has 0 amide bonds. The molecule has 0 nitrogen and oxygen atoms in total. The number of hydrogen-bond donors (Lipinski definition) is 0. The zero-order valence-electron chi connectivity index (χ0n) is 32.1. The highest BCUT2D eigenvalue weighted by Crippen LogP contribution is 2.51. The van der Waals surface area contributed by atoms with Gasteiger partial charge in [-0.05, 0) is 145 Å². The normalized spacial score (nSPS) is 13.7. The predicted molar refractivity (Wildman–Crippen MR) is 238 cm³/mol. The van der Waals surface area contributed by atoms with Crippen LogP contribution in [0.4, 0.5) is 0 Å². The Morgan fingerprint density at radius 1 is 0.345 bits per heavy atom. The van der Waals surface area contributed by atoms with E-state index in [0.717, 1.165) is 0 Å². The fraction of sp³-hybridized carbons (Fsp3) is 0.127. The van der Waals surface area contributed by atoms with Crippen LogP contribution in [0, 0.1) is 0 Å². The highest BCUT2D eigenvalue weighted by Gasteiger charge is 2.36. The number of rotatable bonds is 3. The standard InChI is InChI=1S/C55H42/c1-54(2,3)43-29-41-18-13-34-19-23-46(49-26-22-42(30-43)52(41)53(34)49)39-17-16-35-27-36(14-15-37(35)28-39)38-20-24-47-48-25-21-40(32-51(48)55(4,5)50(47)31-38)45-12-8-10-33-9-6-7-11-44(33)45/h6-32H,1-5H3. The van der Waals surface area contributed by atoms with Crippen LogP contribution in [0.1, 0.15) is 51.3 Å². The van der Waals surface area contributed by atoms with Gasteiger partial charge in [0.15, 0.2) is 0 Å². The molecule has 10 aromatic carbocycles. The fourth-order valence-corrected chi connectivity index (χ4v) is 9.66. The first kappa shape index (κ1) is 32.2. The highest BCUT2D eigenvalue weighted by molar-refractivity contribution is 6.25. The van der Waals surface area contributed by atoms with E-state index in [-0.39, 0.29) is 10.8 Å². The lowest BCUT2D eigenvalue weighted by Crippen LogP contribution is -2.15. The zero-order chi connectivity index (χ0) is 37.2. The lowest BCUT2D eigenvalue weighted by Gasteiger charge is -2.23. The van der Waals surface area contributed by atoms with Gasteiger partial charge in [0.1, 0.15) is 0 Å². The van der Waals surface area contributed by atoms with Gasteiger partial charge in [0.2, 0.25) is 0 Å². The van der Waals surface area contributed by atoms with Crippen molar-refractivity contribution in [3.05, 3.63) is 180 Å². The number of fused-ring (bicyclic) bond motifs is 5. The quantitative estimate of drug-likeness (QED) is 0.161. The number of benzene rings is 10. The second-order valence-electron chi connectivity index (χ2n) is 17.4. The van der Waals surface area contributed by atoms with E-state index in [1.807, 2.05) is 0 Å². The van der Waals surface area contributed by atoms with Gasteiger partial charge in [-0.2, -0.15) is 0 Å². The maximum Gasteiger partial charge on any atom is 0.0159 e. The molecule has 0 saturated carbocycles. The van der Waals surface area contributed by atoms with Gasteiger partial charge in [-0.3, -0.25) is 0 Å². The summed E-state index contributed by atoms with van der Waals surface area (Å²) in [6.07, 6.45) is 0. The van der Waals surface area contributed by atoms with Gasteiger partial charge in [-0.25, -0.2) is 0 Å². The Morgan fingerprint density at radius 3 is 1.62 bits per heavy atom. The Labute approximate surface area is 323 Å². The maximum absolute atomic E-state index is 2.44. The van der Waals surface area contributed by atoms with Crippen molar-refractivity contribution in [2.24, 2.45) is 0 Å². The van der Waals surface area contributed by atoms with E-state index in [2.05, 4.69) is 198 Å². The Hall–Kier alpha value is -6.24. The highest BCUT2D eigenvalue weighted by atomic mass is 14.4. The molecule has 0 fully saturated rings. The molecule has 0 N–H and O–H groups in total. The Bertz CT molecular complexity index is 3180. The van der Waals surface area contributed by atoms with Crippen molar-refractivity contribution in [3.8, 4) is 44.5 Å². The van der Waals surface area contributed by atoms with Crippen molar-refractivity contribution >= 4 is 53.9 Å². The second kappa shape index (κ2) is 11.4. The van der Waals surface area contributed by atoms with Crippen molar-refractivity contribution in [1.29, 1.82) is 0 Å². The van der Waals surface area contributed by atoms with Crippen molar-refractivity contribution in [2.75, 3.05) is 0 Å². The molecule has 0 aromatic heterocycles. The van der Waals surface area contributed by atoms with Crippen molar-refractivity contribution in [2.45, 2.75) is 45.4 Å². The molecule has 0 heterocycles. The van der Waals surface area contributed by atoms with Gasteiger partial charge >= 0.3 is 0 Å². The van der Waals surface area contributed by atoms with Crippen molar-refractivity contribution in [1.82, 2.24) is 0 Å². The van der Waals surface area contributed by atoms with E-state index in [1.165, 1.54) is 115 Å². The summed E-state index contributed by atoms with van der Waals surface area (Å²) in [7, 11) is 0. The Kier molecular flexibility index (Phi) is 6.67. The van der Waals surface area contributed by atoms with Gasteiger partial charge in [-0.15, -0.1) is 0 Å².